The van der Waals surface area contributed by atoms with Gasteiger partial charge in [0.2, 0.25) is 0 Å². The third-order valence-corrected chi connectivity index (χ3v) is 4.55. The zero-order valence-electron chi connectivity index (χ0n) is 17.3. The second kappa shape index (κ2) is 10.3. The predicted octanol–water partition coefficient (Wildman–Crippen LogP) is 2.94. The van der Waals surface area contributed by atoms with Crippen LogP contribution in [0.1, 0.15) is 29.8 Å². The number of carbonyl (C=O) groups excluding carboxylic acids is 3. The first-order valence-corrected chi connectivity index (χ1v) is 9.89. The molecule has 0 fully saturated rings. The van der Waals surface area contributed by atoms with Gasteiger partial charge in [-0.1, -0.05) is 30.3 Å². The minimum atomic E-state index is -0.592. The van der Waals surface area contributed by atoms with Gasteiger partial charge in [0.05, 0.1) is 29.5 Å². The van der Waals surface area contributed by atoms with Gasteiger partial charge in [-0.05, 0) is 43.7 Å². The maximum absolute atomic E-state index is 12.4. The van der Waals surface area contributed by atoms with Crippen molar-refractivity contribution >= 4 is 18.0 Å². The molecule has 2 aromatic carbocycles. The van der Waals surface area contributed by atoms with Crippen LogP contribution in [0.15, 0.2) is 65.9 Å². The van der Waals surface area contributed by atoms with Crippen LogP contribution < -0.4 is 15.4 Å². The van der Waals surface area contributed by atoms with Crippen molar-refractivity contribution in [3.63, 3.8) is 0 Å². The van der Waals surface area contributed by atoms with E-state index in [2.05, 4.69) is 10.6 Å². The van der Waals surface area contributed by atoms with E-state index in [1.54, 1.807) is 38.1 Å². The summed E-state index contributed by atoms with van der Waals surface area (Å²) in [5.74, 6) is -0.550. The van der Waals surface area contributed by atoms with Crippen molar-refractivity contribution in [2.45, 2.75) is 26.5 Å². The molecule has 1 atom stereocenters. The molecule has 1 aliphatic rings. The number of hydrogen-bond acceptors (Lipinski definition) is 6. The lowest BCUT2D eigenvalue weighted by Crippen LogP contribution is -2.50. The average molecular weight is 424 g/mol. The van der Waals surface area contributed by atoms with Crippen molar-refractivity contribution in [2.24, 2.45) is 0 Å². The lowest BCUT2D eigenvalue weighted by Gasteiger charge is -2.26. The molecule has 0 saturated carbocycles. The number of rotatable bonds is 8. The fourth-order valence-electron chi connectivity index (χ4n) is 3.04. The van der Waals surface area contributed by atoms with E-state index < -0.39 is 24.0 Å². The normalized spacial score (nSPS) is 15.5. The Hall–Kier alpha value is -3.81. The number of hydrogen-bond donors (Lipinski definition) is 2. The van der Waals surface area contributed by atoms with E-state index in [-0.39, 0.29) is 24.5 Å². The third kappa shape index (κ3) is 5.85. The number of urea groups is 1. The molecule has 2 aromatic rings. The van der Waals surface area contributed by atoms with E-state index >= 15 is 0 Å². The highest BCUT2D eigenvalue weighted by Gasteiger charge is 2.30. The number of benzene rings is 2. The molecule has 2 amide bonds. The first-order valence-electron chi connectivity index (χ1n) is 9.89. The summed E-state index contributed by atoms with van der Waals surface area (Å²) in [4.78, 5) is 36.4. The Kier molecular flexibility index (Phi) is 7.26. The van der Waals surface area contributed by atoms with Crippen LogP contribution in [-0.4, -0.2) is 37.2 Å². The molecule has 0 unspecified atom stereocenters. The molecule has 0 radical (unpaired) electrons. The van der Waals surface area contributed by atoms with Crippen molar-refractivity contribution in [2.75, 3.05) is 13.2 Å². The molecular weight excluding hydrogens is 400 g/mol. The van der Waals surface area contributed by atoms with Crippen LogP contribution in [0.5, 0.6) is 5.75 Å². The molecule has 0 aliphatic carbocycles. The maximum Gasteiger partial charge on any atom is 0.338 e. The van der Waals surface area contributed by atoms with Crippen LogP contribution in [0.4, 0.5) is 4.79 Å². The van der Waals surface area contributed by atoms with Crippen LogP contribution in [-0.2, 0) is 20.9 Å². The Morgan fingerprint density at radius 2 is 1.65 bits per heavy atom. The largest absolute Gasteiger partial charge is 0.489 e. The van der Waals surface area contributed by atoms with E-state index in [4.69, 9.17) is 14.2 Å². The van der Waals surface area contributed by atoms with Crippen molar-refractivity contribution in [3.05, 3.63) is 77.0 Å². The third-order valence-electron chi connectivity index (χ3n) is 4.55. The minimum Gasteiger partial charge on any atom is -0.489 e. The number of nitrogens with one attached hydrogen (secondary N) is 2. The van der Waals surface area contributed by atoms with Crippen molar-refractivity contribution in [3.8, 4) is 5.75 Å². The van der Waals surface area contributed by atoms with Gasteiger partial charge in [-0.2, -0.15) is 0 Å². The van der Waals surface area contributed by atoms with Gasteiger partial charge in [-0.15, -0.1) is 0 Å². The molecule has 8 nitrogen and oxygen atoms in total. The molecule has 162 valence electrons. The van der Waals surface area contributed by atoms with Gasteiger partial charge in [0.1, 0.15) is 19.0 Å². The molecule has 0 saturated heterocycles. The van der Waals surface area contributed by atoms with E-state index in [9.17, 15) is 14.4 Å². The van der Waals surface area contributed by atoms with Gasteiger partial charge in [-0.3, -0.25) is 0 Å². The van der Waals surface area contributed by atoms with Crippen molar-refractivity contribution in [1.29, 1.82) is 0 Å². The summed E-state index contributed by atoms with van der Waals surface area (Å²) >= 11 is 0. The van der Waals surface area contributed by atoms with E-state index in [1.807, 2.05) is 30.3 Å². The summed E-state index contributed by atoms with van der Waals surface area (Å²) in [5, 5.41) is 5.10. The van der Waals surface area contributed by atoms with Crippen LogP contribution in [0.25, 0.3) is 0 Å². The van der Waals surface area contributed by atoms with Gasteiger partial charge >= 0.3 is 18.0 Å². The predicted molar refractivity (Wildman–Crippen MR) is 112 cm³/mol. The summed E-state index contributed by atoms with van der Waals surface area (Å²) in [5.41, 5.74) is 1.78. The standard InChI is InChI=1S/C23H24N2O6/c1-3-29-22(27)20-15(2)24-23(28)25-19(20)14-31-21(26)17-9-11-18(12-10-17)30-13-16-7-5-4-6-8-16/h4-12,15H,3,13-14H2,1-2H3,(H2,24,25,28)/t15-/m0/s1. The topological polar surface area (TPSA) is 103 Å². The maximum atomic E-state index is 12.4. The molecule has 2 N–H and O–H groups in total. The Morgan fingerprint density at radius 1 is 0.935 bits per heavy atom. The highest BCUT2D eigenvalue weighted by atomic mass is 16.5. The fraction of sp³-hybridized carbons (Fsp3) is 0.261. The Labute approximate surface area is 180 Å². The Bertz CT molecular complexity index is 969. The minimum absolute atomic E-state index is 0.189. The SMILES string of the molecule is CCOC(=O)C1=C(COC(=O)c2ccc(OCc3ccccc3)cc2)NC(=O)N[C@H]1C. The summed E-state index contributed by atoms with van der Waals surface area (Å²) in [6.07, 6.45) is 0. The molecule has 1 aliphatic heterocycles. The summed E-state index contributed by atoms with van der Waals surface area (Å²) in [6, 6.07) is 15.2. The monoisotopic (exact) mass is 424 g/mol. The van der Waals surface area contributed by atoms with E-state index in [0.717, 1.165) is 5.56 Å². The van der Waals surface area contributed by atoms with Crippen LogP contribution in [0, 0.1) is 0 Å². The van der Waals surface area contributed by atoms with Gasteiger partial charge in [0.25, 0.3) is 0 Å². The summed E-state index contributed by atoms with van der Waals surface area (Å²) < 4.78 is 16.0. The van der Waals surface area contributed by atoms with Gasteiger partial charge < -0.3 is 24.8 Å². The quantitative estimate of drug-likeness (QED) is 0.632. The second-order valence-corrected chi connectivity index (χ2v) is 6.81. The molecule has 0 spiro atoms. The smallest absolute Gasteiger partial charge is 0.338 e. The van der Waals surface area contributed by atoms with E-state index in [1.165, 1.54) is 0 Å². The lowest BCUT2D eigenvalue weighted by atomic mass is 10.0. The Morgan fingerprint density at radius 3 is 2.32 bits per heavy atom. The molecule has 0 bridgehead atoms. The fourth-order valence-corrected chi connectivity index (χ4v) is 3.04. The van der Waals surface area contributed by atoms with Crippen LogP contribution in [0.3, 0.4) is 0 Å². The van der Waals surface area contributed by atoms with Crippen molar-refractivity contribution < 1.29 is 28.6 Å². The average Bonchev–Trinajstić information content (AvgIpc) is 2.77. The molecule has 1 heterocycles. The molecule has 3 rings (SSSR count). The zero-order chi connectivity index (χ0) is 22.2. The van der Waals surface area contributed by atoms with Gasteiger partial charge in [0.15, 0.2) is 0 Å². The summed E-state index contributed by atoms with van der Waals surface area (Å²) in [6.45, 7) is 3.68. The molecular formula is C23H24N2O6. The number of amides is 2. The zero-order valence-corrected chi connectivity index (χ0v) is 17.3. The second-order valence-electron chi connectivity index (χ2n) is 6.81. The van der Waals surface area contributed by atoms with Crippen molar-refractivity contribution in [1.82, 2.24) is 10.6 Å². The summed E-state index contributed by atoms with van der Waals surface area (Å²) in [7, 11) is 0. The van der Waals surface area contributed by atoms with Gasteiger partial charge in [0, 0.05) is 0 Å². The molecule has 0 aromatic heterocycles. The number of carbonyl (C=O) groups is 3. The highest BCUT2D eigenvalue weighted by Crippen LogP contribution is 2.17. The molecule has 8 heteroatoms. The highest BCUT2D eigenvalue weighted by molar-refractivity contribution is 5.95. The van der Waals surface area contributed by atoms with Crippen LogP contribution >= 0.6 is 0 Å². The lowest BCUT2D eigenvalue weighted by molar-refractivity contribution is -0.139. The first-order chi connectivity index (χ1) is 15.0. The Balaban J connectivity index is 1.61. The number of esters is 2. The molecule has 31 heavy (non-hydrogen) atoms. The van der Waals surface area contributed by atoms with Crippen LogP contribution in [0.2, 0.25) is 0 Å². The first kappa shape index (κ1) is 21.9. The number of ether oxygens (including phenoxy) is 3. The van der Waals surface area contributed by atoms with E-state index in [0.29, 0.717) is 17.9 Å². The van der Waals surface area contributed by atoms with Gasteiger partial charge in [-0.25, -0.2) is 14.4 Å².